The molecule has 6 heteroatoms. The van der Waals surface area contributed by atoms with Crippen LogP contribution in [0.25, 0.3) is 0 Å². The van der Waals surface area contributed by atoms with E-state index in [1.165, 1.54) is 0 Å². The summed E-state index contributed by atoms with van der Waals surface area (Å²) in [5.74, 6) is 0. The molecule has 0 saturated carbocycles. The molecule has 5 nitrogen and oxygen atoms in total. The Morgan fingerprint density at radius 2 is 1.00 bits per heavy atom. The first-order valence-corrected chi connectivity index (χ1v) is 11.1. The van der Waals surface area contributed by atoms with Crippen molar-refractivity contribution in [2.24, 2.45) is 0 Å². The van der Waals surface area contributed by atoms with E-state index in [0.29, 0.717) is 0 Å². The average molecular weight is 453 g/mol. The summed E-state index contributed by atoms with van der Waals surface area (Å²) in [5.41, 5.74) is 2.85. The first kappa shape index (κ1) is 23.5. The van der Waals surface area contributed by atoms with E-state index in [4.69, 9.17) is 18.9 Å². The smallest absolute Gasteiger partial charge is 0.184 e. The van der Waals surface area contributed by atoms with Gasteiger partial charge in [-0.3, -0.25) is 0 Å². The fourth-order valence-electron chi connectivity index (χ4n) is 3.89. The lowest BCUT2D eigenvalue weighted by Crippen LogP contribution is -2.60. The maximum absolute atomic E-state index is 13.9. The van der Waals surface area contributed by atoms with Crippen LogP contribution in [0, 0.1) is 0 Å². The highest BCUT2D eigenvalue weighted by molar-refractivity contribution is 5.15. The van der Waals surface area contributed by atoms with Gasteiger partial charge in [-0.15, -0.1) is 0 Å². The molecule has 0 radical (unpaired) electrons. The zero-order chi connectivity index (χ0) is 22.9. The number of rotatable bonds is 10. The second-order valence-electron chi connectivity index (χ2n) is 8.00. The number of hydrogen-bond donors (Lipinski definition) is 1. The number of hydrogen-bond acceptors (Lipinski definition) is 5. The Morgan fingerprint density at radius 3 is 1.42 bits per heavy atom. The molecule has 4 unspecified atom stereocenters. The van der Waals surface area contributed by atoms with Gasteiger partial charge in [0.25, 0.3) is 0 Å². The molecule has 0 aliphatic carbocycles. The molecule has 1 fully saturated rings. The molecule has 0 spiro atoms. The van der Waals surface area contributed by atoms with E-state index in [2.05, 4.69) is 0 Å². The van der Waals surface area contributed by atoms with Crippen LogP contribution in [0.4, 0.5) is 4.39 Å². The van der Waals surface area contributed by atoms with Crippen LogP contribution in [-0.2, 0) is 38.8 Å². The van der Waals surface area contributed by atoms with Crippen molar-refractivity contribution in [3.05, 3.63) is 108 Å². The summed E-state index contributed by atoms with van der Waals surface area (Å²) in [6.45, 7) is -0.0262. The van der Waals surface area contributed by atoms with Gasteiger partial charge in [0.05, 0.1) is 19.8 Å². The van der Waals surface area contributed by atoms with E-state index >= 15 is 0 Å². The van der Waals surface area contributed by atoms with Gasteiger partial charge in [0.1, 0.15) is 31.1 Å². The minimum atomic E-state index is -1.34. The molecule has 5 atom stereocenters. The molecule has 3 aromatic carbocycles. The highest BCUT2D eigenvalue weighted by atomic mass is 19.1. The quantitative estimate of drug-likeness (QED) is 0.493. The molecule has 4 rings (SSSR count). The minimum Gasteiger partial charge on any atom is -0.368 e. The summed E-state index contributed by atoms with van der Waals surface area (Å²) in [6, 6.07) is 28.9. The number of aliphatic hydroxyl groups excluding tert-OH is 1. The van der Waals surface area contributed by atoms with Gasteiger partial charge in [-0.1, -0.05) is 91.0 Å². The highest BCUT2D eigenvalue weighted by Gasteiger charge is 2.47. The van der Waals surface area contributed by atoms with Gasteiger partial charge in [-0.25, -0.2) is 4.39 Å². The summed E-state index contributed by atoms with van der Waals surface area (Å²) in [6.07, 6.45) is -4.66. The van der Waals surface area contributed by atoms with Crippen molar-refractivity contribution in [1.29, 1.82) is 0 Å². The zero-order valence-electron chi connectivity index (χ0n) is 18.3. The highest BCUT2D eigenvalue weighted by Crippen LogP contribution is 2.29. The van der Waals surface area contributed by atoms with E-state index < -0.39 is 37.4 Å². The molecule has 1 saturated heterocycles. The molecule has 3 aromatic rings. The fourth-order valence-corrected chi connectivity index (χ4v) is 3.89. The van der Waals surface area contributed by atoms with Crippen molar-refractivity contribution in [3.63, 3.8) is 0 Å². The van der Waals surface area contributed by atoms with Gasteiger partial charge < -0.3 is 24.1 Å². The lowest BCUT2D eigenvalue weighted by molar-refractivity contribution is -0.313. The Balaban J connectivity index is 1.53. The number of alkyl halides is 1. The van der Waals surface area contributed by atoms with E-state index in [-0.39, 0.29) is 19.8 Å². The summed E-state index contributed by atoms with van der Waals surface area (Å²) >= 11 is 0. The van der Waals surface area contributed by atoms with E-state index in [0.717, 1.165) is 16.7 Å². The molecule has 0 aromatic heterocycles. The maximum Gasteiger partial charge on any atom is 0.184 e. The summed E-state index contributed by atoms with van der Waals surface area (Å²) in [5, 5.41) is 10.7. The molecule has 1 aliphatic heterocycles. The van der Waals surface area contributed by atoms with Crippen molar-refractivity contribution in [2.75, 3.05) is 6.67 Å². The van der Waals surface area contributed by atoms with Gasteiger partial charge in [0.2, 0.25) is 0 Å². The third kappa shape index (κ3) is 6.47. The number of halogens is 1. The minimum absolute atomic E-state index is 0.253. The Hall–Kier alpha value is -2.61. The lowest BCUT2D eigenvalue weighted by Gasteiger charge is -2.43. The zero-order valence-corrected chi connectivity index (χ0v) is 18.3. The number of aliphatic hydroxyl groups is 1. The van der Waals surface area contributed by atoms with Crippen molar-refractivity contribution < 1.29 is 28.4 Å². The lowest BCUT2D eigenvalue weighted by atomic mass is 9.98. The van der Waals surface area contributed by atoms with E-state index in [9.17, 15) is 9.50 Å². The first-order valence-electron chi connectivity index (χ1n) is 11.1. The van der Waals surface area contributed by atoms with Crippen LogP contribution in [0.3, 0.4) is 0 Å². The summed E-state index contributed by atoms with van der Waals surface area (Å²) in [7, 11) is 0. The number of benzene rings is 3. The normalized spacial score (nSPS) is 25.1. The van der Waals surface area contributed by atoms with Crippen LogP contribution in [-0.4, -0.2) is 42.5 Å². The first-order chi connectivity index (χ1) is 16.2. The van der Waals surface area contributed by atoms with Crippen LogP contribution in [0.2, 0.25) is 0 Å². The third-order valence-electron chi connectivity index (χ3n) is 5.62. The Labute approximate surface area is 193 Å². The molecule has 174 valence electrons. The number of ether oxygens (including phenoxy) is 4. The van der Waals surface area contributed by atoms with E-state index in [1.54, 1.807) is 0 Å². The van der Waals surface area contributed by atoms with Gasteiger partial charge >= 0.3 is 0 Å². The molecule has 1 aliphatic rings. The van der Waals surface area contributed by atoms with E-state index in [1.807, 2.05) is 91.0 Å². The molecule has 1 N–H and O–H groups in total. The van der Waals surface area contributed by atoms with Crippen LogP contribution in [0.1, 0.15) is 16.7 Å². The summed E-state index contributed by atoms with van der Waals surface area (Å²) in [4.78, 5) is 0. The third-order valence-corrected chi connectivity index (χ3v) is 5.62. The van der Waals surface area contributed by atoms with Crippen LogP contribution in [0.15, 0.2) is 91.0 Å². The molecule has 0 bridgehead atoms. The molecule has 1 heterocycles. The Bertz CT molecular complexity index is 941. The van der Waals surface area contributed by atoms with Crippen molar-refractivity contribution in [2.45, 2.75) is 50.5 Å². The van der Waals surface area contributed by atoms with Crippen molar-refractivity contribution in [3.8, 4) is 0 Å². The predicted molar refractivity (Wildman–Crippen MR) is 122 cm³/mol. The molecule has 0 amide bonds. The van der Waals surface area contributed by atoms with Crippen molar-refractivity contribution >= 4 is 0 Å². The largest absolute Gasteiger partial charge is 0.368 e. The molecular weight excluding hydrogens is 423 g/mol. The topological polar surface area (TPSA) is 57.2 Å². The van der Waals surface area contributed by atoms with Crippen molar-refractivity contribution in [1.82, 2.24) is 0 Å². The van der Waals surface area contributed by atoms with Gasteiger partial charge in [-0.05, 0) is 16.7 Å². The van der Waals surface area contributed by atoms with Crippen LogP contribution in [0.5, 0.6) is 0 Å². The monoisotopic (exact) mass is 452 g/mol. The van der Waals surface area contributed by atoms with Gasteiger partial charge in [0.15, 0.2) is 6.29 Å². The van der Waals surface area contributed by atoms with Crippen LogP contribution < -0.4 is 0 Å². The molecule has 33 heavy (non-hydrogen) atoms. The predicted octanol–water partition coefficient (Wildman–Crippen LogP) is 4.43. The maximum atomic E-state index is 13.9. The second-order valence-corrected chi connectivity index (χ2v) is 8.00. The van der Waals surface area contributed by atoms with Gasteiger partial charge in [0, 0.05) is 0 Å². The second kappa shape index (κ2) is 12.0. The molecular formula is C27H29FO5. The Morgan fingerprint density at radius 1 is 0.606 bits per heavy atom. The standard InChI is InChI=1S/C27H29FO5/c28-16-23-24(30-17-20-10-4-1-5-11-20)25(31-18-21-12-6-2-7-13-21)26(27(29)33-23)32-19-22-14-8-3-9-15-22/h1-15,23-27,29H,16-19H2/t23?,24-,25?,26?,27?/m1/s1. The van der Waals surface area contributed by atoms with Crippen LogP contribution >= 0.6 is 0 Å². The Kier molecular flexibility index (Phi) is 8.58. The van der Waals surface area contributed by atoms with Gasteiger partial charge in [-0.2, -0.15) is 0 Å². The average Bonchev–Trinajstić information content (AvgIpc) is 2.87. The summed E-state index contributed by atoms with van der Waals surface area (Å²) < 4.78 is 37.9. The SMILES string of the molecule is OC1OC(CF)[C@@H](OCc2ccccc2)C(OCc2ccccc2)C1OCc1ccccc1. The fraction of sp³-hybridized carbons (Fsp3) is 0.333.